The number of allylic oxidation sites excluding steroid dienone is 1. The molecule has 1 heterocycles. The van der Waals surface area contributed by atoms with Crippen molar-refractivity contribution in [3.8, 4) is 5.75 Å². The summed E-state index contributed by atoms with van der Waals surface area (Å²) in [5.74, 6) is -2.38. The van der Waals surface area contributed by atoms with Crippen molar-refractivity contribution in [1.82, 2.24) is 4.90 Å². The highest BCUT2D eigenvalue weighted by molar-refractivity contribution is 6.99. The zero-order valence-corrected chi connectivity index (χ0v) is 30.4. The van der Waals surface area contributed by atoms with Crippen LogP contribution in [0.15, 0.2) is 102 Å². The molecule has 7 nitrogen and oxygen atoms in total. The van der Waals surface area contributed by atoms with E-state index in [1.807, 2.05) is 48.5 Å². The van der Waals surface area contributed by atoms with Gasteiger partial charge in [-0.25, -0.2) is 0 Å². The molecular formula is C41H51NO6Si. The number of aromatic hydroxyl groups is 1. The highest BCUT2D eigenvalue weighted by Gasteiger charge is 2.55. The largest absolute Gasteiger partial charge is 0.508 e. The van der Waals surface area contributed by atoms with Crippen molar-refractivity contribution < 1.29 is 29.3 Å². The van der Waals surface area contributed by atoms with Crippen LogP contribution >= 0.6 is 0 Å². The number of nitrogens with zero attached hydrogens (tertiary/aromatic N) is 1. The van der Waals surface area contributed by atoms with Crippen molar-refractivity contribution in [2.75, 3.05) is 20.3 Å². The summed E-state index contributed by atoms with van der Waals surface area (Å²) in [6.07, 6.45) is 4.14. The Morgan fingerprint density at radius 1 is 0.959 bits per heavy atom. The molecule has 49 heavy (non-hydrogen) atoms. The predicted octanol–water partition coefficient (Wildman–Crippen LogP) is 5.83. The van der Waals surface area contributed by atoms with Gasteiger partial charge in [0.1, 0.15) is 5.75 Å². The minimum atomic E-state index is -2.97. The molecule has 8 heteroatoms. The van der Waals surface area contributed by atoms with Gasteiger partial charge in [0.25, 0.3) is 8.32 Å². The molecule has 1 aliphatic heterocycles. The Balaban J connectivity index is 1.57. The van der Waals surface area contributed by atoms with Crippen molar-refractivity contribution in [1.29, 1.82) is 0 Å². The number of hydrogen-bond acceptors (Lipinski definition) is 6. The van der Waals surface area contributed by atoms with Crippen LogP contribution in [0.1, 0.15) is 65.4 Å². The maximum Gasteiger partial charge on any atom is 0.261 e. The number of hydrogen-bond donors (Lipinski definition) is 3. The number of aliphatic hydroxyl groups excluding tert-OH is 2. The maximum absolute atomic E-state index is 13.4. The molecule has 0 radical (unpaired) electrons. The minimum absolute atomic E-state index is 0.172. The van der Waals surface area contributed by atoms with E-state index in [1.54, 1.807) is 12.1 Å². The van der Waals surface area contributed by atoms with Gasteiger partial charge in [0.05, 0.1) is 31.2 Å². The number of aliphatic hydroxyl groups is 2. The lowest BCUT2D eigenvalue weighted by Crippen LogP contribution is -2.66. The van der Waals surface area contributed by atoms with Crippen LogP contribution in [0.4, 0.5) is 0 Å². The number of phenolic OH excluding ortho intramolecular Hbond substituents is 1. The summed E-state index contributed by atoms with van der Waals surface area (Å²) in [6, 6.07) is 27.8. The van der Waals surface area contributed by atoms with E-state index < -0.39 is 32.2 Å². The van der Waals surface area contributed by atoms with E-state index in [0.717, 1.165) is 39.9 Å². The molecule has 3 aromatic carbocycles. The third-order valence-corrected chi connectivity index (χ3v) is 15.4. The minimum Gasteiger partial charge on any atom is -0.508 e. The third kappa shape index (κ3) is 7.38. The Bertz CT molecular complexity index is 1640. The fourth-order valence-electron chi connectivity index (χ4n) is 8.12. The van der Waals surface area contributed by atoms with Crippen LogP contribution in [0.3, 0.4) is 0 Å². The lowest BCUT2D eigenvalue weighted by atomic mass is 9.68. The number of carbonyl (C=O) groups excluding carboxylic acids is 2. The Hall–Kier alpha value is -3.82. The second-order valence-corrected chi connectivity index (χ2v) is 18.9. The van der Waals surface area contributed by atoms with Gasteiger partial charge in [0.15, 0.2) is 0 Å². The van der Waals surface area contributed by atoms with Crippen molar-refractivity contribution in [2.45, 2.75) is 70.9 Å². The summed E-state index contributed by atoms with van der Waals surface area (Å²) in [6.45, 7) is 8.55. The quantitative estimate of drug-likeness (QED) is 0.119. The zero-order chi connectivity index (χ0) is 35.3. The molecule has 4 atom stereocenters. The van der Waals surface area contributed by atoms with E-state index in [4.69, 9.17) is 4.43 Å². The van der Waals surface area contributed by atoms with Crippen LogP contribution in [0.25, 0.3) is 6.08 Å². The van der Waals surface area contributed by atoms with Gasteiger partial charge in [0, 0.05) is 13.0 Å². The van der Waals surface area contributed by atoms with Gasteiger partial charge in [-0.05, 0) is 69.9 Å². The first-order valence-electron chi connectivity index (χ1n) is 17.5. The van der Waals surface area contributed by atoms with Crippen LogP contribution in [-0.2, 0) is 14.0 Å². The van der Waals surface area contributed by atoms with Crippen LogP contribution in [-0.4, -0.2) is 66.7 Å². The van der Waals surface area contributed by atoms with Gasteiger partial charge in [-0.3, -0.25) is 14.5 Å². The van der Waals surface area contributed by atoms with Crippen LogP contribution in [0.5, 0.6) is 5.75 Å². The molecule has 5 rings (SSSR count). The van der Waals surface area contributed by atoms with E-state index in [9.17, 15) is 24.9 Å². The van der Waals surface area contributed by atoms with Crippen molar-refractivity contribution in [3.63, 3.8) is 0 Å². The molecule has 2 aliphatic rings. The zero-order valence-electron chi connectivity index (χ0n) is 29.4. The fourth-order valence-corrected chi connectivity index (χ4v) is 12.7. The molecule has 0 spiro atoms. The number of imide groups is 1. The molecule has 1 aliphatic carbocycles. The van der Waals surface area contributed by atoms with Crippen molar-refractivity contribution in [2.24, 2.45) is 17.8 Å². The van der Waals surface area contributed by atoms with Crippen molar-refractivity contribution >= 4 is 36.6 Å². The summed E-state index contributed by atoms with van der Waals surface area (Å²) in [7, 11) is -1.46. The first kappa shape index (κ1) is 36.5. The van der Waals surface area contributed by atoms with E-state index in [0.29, 0.717) is 24.8 Å². The first-order valence-corrected chi connectivity index (χ1v) is 19.4. The first-order chi connectivity index (χ1) is 23.4. The van der Waals surface area contributed by atoms with Gasteiger partial charge in [-0.2, -0.15) is 0 Å². The Morgan fingerprint density at radius 2 is 1.59 bits per heavy atom. The molecule has 1 saturated heterocycles. The normalized spacial score (nSPS) is 20.9. The summed E-state index contributed by atoms with van der Waals surface area (Å²) < 4.78 is 7.31. The number of likely N-dealkylation sites (tertiary alicyclic amines) is 1. The molecule has 0 saturated carbocycles. The second kappa shape index (κ2) is 15.4. The standard InChI is InChI=1S/C41H51NO6Si/c1-6-14-28(23-29-15-13-16-31(44)24-29)21-22-36(45)37-30(25-34-38(35(37)26-43)40(47)42(5)39(34)46)27-48-49(41(2,3)4,32-17-9-7-10-18-32)33-19-11-8-12-20-33/h7-13,15-20,23-24,34-36,38,43-45H,6,14,21-22,25-27H2,1-5H3/b28-23+/t34-,35+,36-,38-/m1/s1. The monoisotopic (exact) mass is 681 g/mol. The highest BCUT2D eigenvalue weighted by Crippen LogP contribution is 2.47. The SMILES string of the molecule is CCC/C(=C\c1cccc(O)c1)CC[C@@H](O)C1=C(CO[Si](c2ccccc2)(c2ccccc2)C(C)(C)C)C[C@H]2C(=O)N(C)C(=O)[C@H]2[C@H]1CO. The van der Waals surface area contributed by atoms with Crippen molar-refractivity contribution in [3.05, 3.63) is 107 Å². The summed E-state index contributed by atoms with van der Waals surface area (Å²) >= 11 is 0. The summed E-state index contributed by atoms with van der Waals surface area (Å²) in [5, 5.41) is 34.9. The number of amides is 2. The van der Waals surface area contributed by atoms with E-state index in [1.165, 1.54) is 11.9 Å². The average molecular weight is 682 g/mol. The summed E-state index contributed by atoms with van der Waals surface area (Å²) in [5.41, 5.74) is 3.46. The Kier molecular flexibility index (Phi) is 11.4. The predicted molar refractivity (Wildman–Crippen MR) is 197 cm³/mol. The Morgan fingerprint density at radius 3 is 2.14 bits per heavy atom. The van der Waals surface area contributed by atoms with Crippen LogP contribution in [0.2, 0.25) is 5.04 Å². The van der Waals surface area contributed by atoms with E-state index in [2.05, 4.69) is 58.0 Å². The molecule has 2 amide bonds. The van der Waals surface area contributed by atoms with Crippen LogP contribution in [0, 0.1) is 17.8 Å². The highest BCUT2D eigenvalue weighted by atomic mass is 28.4. The van der Waals surface area contributed by atoms with Gasteiger partial charge >= 0.3 is 0 Å². The molecule has 3 N–H and O–H groups in total. The number of fused-ring (bicyclic) bond motifs is 1. The molecule has 0 bridgehead atoms. The molecule has 0 unspecified atom stereocenters. The third-order valence-electron chi connectivity index (χ3n) is 10.4. The molecule has 3 aromatic rings. The number of rotatable bonds is 13. The van der Waals surface area contributed by atoms with Gasteiger partial charge in [0.2, 0.25) is 11.8 Å². The number of carbonyl (C=O) groups is 2. The van der Waals surface area contributed by atoms with Gasteiger partial charge in [-0.1, -0.05) is 119 Å². The molecular weight excluding hydrogens is 631 g/mol. The smallest absolute Gasteiger partial charge is 0.261 e. The van der Waals surface area contributed by atoms with Crippen LogP contribution < -0.4 is 10.4 Å². The lowest BCUT2D eigenvalue weighted by Gasteiger charge is -2.44. The number of benzene rings is 3. The average Bonchev–Trinajstić information content (AvgIpc) is 3.30. The van der Waals surface area contributed by atoms with E-state index >= 15 is 0 Å². The summed E-state index contributed by atoms with van der Waals surface area (Å²) in [4.78, 5) is 28.0. The molecule has 1 fully saturated rings. The fraction of sp³-hybridized carbons (Fsp3) is 0.415. The topological polar surface area (TPSA) is 107 Å². The number of phenols is 1. The lowest BCUT2D eigenvalue weighted by molar-refractivity contribution is -0.138. The molecule has 0 aromatic heterocycles. The van der Waals surface area contributed by atoms with Gasteiger partial charge < -0.3 is 19.7 Å². The van der Waals surface area contributed by atoms with Gasteiger partial charge in [-0.15, -0.1) is 0 Å². The Labute approximate surface area is 292 Å². The molecule has 260 valence electrons. The van der Waals surface area contributed by atoms with E-state index in [-0.39, 0.29) is 35.8 Å². The second-order valence-electron chi connectivity index (χ2n) is 14.6. The maximum atomic E-state index is 13.4.